The summed E-state index contributed by atoms with van der Waals surface area (Å²) in [5.74, 6) is 0. The van der Waals surface area contributed by atoms with Gasteiger partial charge in [0.2, 0.25) is 0 Å². The van der Waals surface area contributed by atoms with Crippen LogP contribution in [0.1, 0.15) is 30.5 Å². The van der Waals surface area contributed by atoms with E-state index in [9.17, 15) is 0 Å². The van der Waals surface area contributed by atoms with Gasteiger partial charge in [-0.15, -0.1) is 0 Å². The third-order valence-corrected chi connectivity index (χ3v) is 3.02. The Balaban J connectivity index is 2.08. The lowest BCUT2D eigenvalue weighted by atomic mass is 10.1. The highest BCUT2D eigenvalue weighted by atomic mass is 15.0. The largest absolute Gasteiger partial charge is 0.350 e. The molecule has 2 aromatic heterocycles. The molecule has 0 amide bonds. The molecule has 1 N–H and O–H groups in total. The summed E-state index contributed by atoms with van der Waals surface area (Å²) in [7, 11) is 2.01. The molecular weight excluding hydrogens is 210 g/mol. The van der Waals surface area contributed by atoms with Gasteiger partial charge in [0.05, 0.1) is 0 Å². The van der Waals surface area contributed by atoms with E-state index in [0.717, 1.165) is 13.0 Å². The summed E-state index contributed by atoms with van der Waals surface area (Å²) in [5, 5.41) is 3.32. The monoisotopic (exact) mass is 229 g/mol. The van der Waals surface area contributed by atoms with Crippen molar-refractivity contribution in [2.75, 3.05) is 7.05 Å². The predicted octanol–water partition coefficient (Wildman–Crippen LogP) is 2.60. The molecule has 90 valence electrons. The number of pyridine rings is 1. The van der Waals surface area contributed by atoms with Crippen molar-refractivity contribution in [2.24, 2.45) is 0 Å². The van der Waals surface area contributed by atoms with Crippen molar-refractivity contribution in [2.45, 2.75) is 25.9 Å². The molecule has 0 aromatic carbocycles. The Bertz CT molecular complexity index is 444. The van der Waals surface area contributed by atoms with Crippen LogP contribution < -0.4 is 5.32 Å². The van der Waals surface area contributed by atoms with Crippen LogP contribution in [0.25, 0.3) is 0 Å². The minimum absolute atomic E-state index is 0.449. The third-order valence-electron chi connectivity index (χ3n) is 3.02. The maximum absolute atomic E-state index is 4.13. The van der Waals surface area contributed by atoms with Crippen LogP contribution in [-0.2, 0) is 6.54 Å². The molecule has 0 aliphatic rings. The number of hydrogen-bond acceptors (Lipinski definition) is 2. The van der Waals surface area contributed by atoms with Crippen LogP contribution in [0.15, 0.2) is 43.0 Å². The fraction of sp³-hybridized carbons (Fsp3) is 0.357. The second-order valence-electron chi connectivity index (χ2n) is 4.23. The van der Waals surface area contributed by atoms with E-state index in [1.165, 1.54) is 11.1 Å². The minimum Gasteiger partial charge on any atom is -0.350 e. The van der Waals surface area contributed by atoms with Gasteiger partial charge in [0.1, 0.15) is 0 Å². The standard InChI is InChI=1S/C14H19N3/c1-3-14(15-2)13-6-8-17(11-13)10-12-5-4-7-16-9-12/h4-9,11,14-15H,3,10H2,1-2H3. The number of nitrogens with one attached hydrogen (secondary N) is 1. The van der Waals surface area contributed by atoms with Crippen LogP contribution in [0, 0.1) is 0 Å². The van der Waals surface area contributed by atoms with Gasteiger partial charge >= 0.3 is 0 Å². The number of nitrogens with zero attached hydrogens (tertiary/aromatic N) is 2. The fourth-order valence-electron chi connectivity index (χ4n) is 2.07. The number of hydrogen-bond donors (Lipinski definition) is 1. The molecular formula is C14H19N3. The van der Waals surface area contributed by atoms with E-state index in [-0.39, 0.29) is 0 Å². The smallest absolute Gasteiger partial charge is 0.0485 e. The lowest BCUT2D eigenvalue weighted by Gasteiger charge is -2.11. The highest BCUT2D eigenvalue weighted by Crippen LogP contribution is 2.16. The summed E-state index contributed by atoms with van der Waals surface area (Å²) in [4.78, 5) is 4.13. The van der Waals surface area contributed by atoms with Gasteiger partial charge in [0.15, 0.2) is 0 Å². The Morgan fingerprint density at radius 3 is 2.94 bits per heavy atom. The van der Waals surface area contributed by atoms with Crippen molar-refractivity contribution in [3.8, 4) is 0 Å². The molecule has 0 fully saturated rings. The van der Waals surface area contributed by atoms with Gasteiger partial charge in [-0.25, -0.2) is 0 Å². The molecule has 17 heavy (non-hydrogen) atoms. The average Bonchev–Trinajstić information content (AvgIpc) is 2.81. The van der Waals surface area contributed by atoms with Gasteiger partial charge in [0, 0.05) is 37.4 Å². The maximum Gasteiger partial charge on any atom is 0.0485 e. The molecule has 0 saturated heterocycles. The summed E-state index contributed by atoms with van der Waals surface area (Å²) in [6.07, 6.45) is 9.15. The zero-order valence-electron chi connectivity index (χ0n) is 10.4. The van der Waals surface area contributed by atoms with E-state index in [2.05, 4.69) is 46.3 Å². The fourth-order valence-corrected chi connectivity index (χ4v) is 2.07. The molecule has 0 saturated carbocycles. The molecule has 0 aliphatic carbocycles. The van der Waals surface area contributed by atoms with E-state index < -0.39 is 0 Å². The van der Waals surface area contributed by atoms with E-state index >= 15 is 0 Å². The molecule has 0 aliphatic heterocycles. The van der Waals surface area contributed by atoms with Crippen molar-refractivity contribution < 1.29 is 0 Å². The molecule has 0 spiro atoms. The topological polar surface area (TPSA) is 29.9 Å². The zero-order chi connectivity index (χ0) is 12.1. The van der Waals surface area contributed by atoms with Crippen molar-refractivity contribution in [3.05, 3.63) is 54.1 Å². The Morgan fingerprint density at radius 1 is 1.41 bits per heavy atom. The molecule has 0 bridgehead atoms. The Hall–Kier alpha value is -1.61. The van der Waals surface area contributed by atoms with Gasteiger partial charge in [-0.2, -0.15) is 0 Å². The normalized spacial score (nSPS) is 12.6. The molecule has 2 aromatic rings. The number of aromatic nitrogens is 2. The summed E-state index contributed by atoms with van der Waals surface area (Å²) < 4.78 is 2.20. The van der Waals surface area contributed by atoms with Gasteiger partial charge in [-0.1, -0.05) is 13.0 Å². The van der Waals surface area contributed by atoms with E-state index in [4.69, 9.17) is 0 Å². The lowest BCUT2D eigenvalue weighted by molar-refractivity contribution is 0.575. The molecule has 3 nitrogen and oxygen atoms in total. The van der Waals surface area contributed by atoms with Crippen LogP contribution in [-0.4, -0.2) is 16.6 Å². The van der Waals surface area contributed by atoms with Gasteiger partial charge in [0.25, 0.3) is 0 Å². The highest BCUT2D eigenvalue weighted by Gasteiger charge is 2.07. The first-order valence-electron chi connectivity index (χ1n) is 6.05. The SMILES string of the molecule is CCC(NC)c1ccn(Cc2cccnc2)c1. The lowest BCUT2D eigenvalue weighted by Crippen LogP contribution is -2.14. The Morgan fingerprint density at radius 2 is 2.29 bits per heavy atom. The van der Waals surface area contributed by atoms with Crippen LogP contribution >= 0.6 is 0 Å². The molecule has 1 unspecified atom stereocenters. The van der Waals surface area contributed by atoms with Crippen LogP contribution in [0.4, 0.5) is 0 Å². The third kappa shape index (κ3) is 2.94. The van der Waals surface area contributed by atoms with Crippen molar-refractivity contribution in [1.29, 1.82) is 0 Å². The number of rotatable bonds is 5. The second kappa shape index (κ2) is 5.64. The Kier molecular flexibility index (Phi) is 3.94. The van der Waals surface area contributed by atoms with Crippen LogP contribution in [0.5, 0.6) is 0 Å². The van der Waals surface area contributed by atoms with Gasteiger partial charge < -0.3 is 9.88 Å². The summed E-state index contributed by atoms with van der Waals surface area (Å²) in [6.45, 7) is 3.08. The molecule has 2 rings (SSSR count). The van der Waals surface area contributed by atoms with Crippen LogP contribution in [0.3, 0.4) is 0 Å². The van der Waals surface area contributed by atoms with Crippen molar-refractivity contribution in [3.63, 3.8) is 0 Å². The highest BCUT2D eigenvalue weighted by molar-refractivity contribution is 5.17. The van der Waals surface area contributed by atoms with E-state index in [0.29, 0.717) is 6.04 Å². The second-order valence-corrected chi connectivity index (χ2v) is 4.23. The van der Waals surface area contributed by atoms with Gasteiger partial charge in [-0.3, -0.25) is 4.98 Å². The molecule has 1 atom stereocenters. The van der Waals surface area contributed by atoms with E-state index in [1.54, 1.807) is 6.20 Å². The summed E-state index contributed by atoms with van der Waals surface area (Å²) in [5.41, 5.74) is 2.58. The van der Waals surface area contributed by atoms with Crippen LogP contribution in [0.2, 0.25) is 0 Å². The predicted molar refractivity (Wildman–Crippen MR) is 69.9 cm³/mol. The summed E-state index contributed by atoms with van der Waals surface area (Å²) >= 11 is 0. The maximum atomic E-state index is 4.13. The van der Waals surface area contributed by atoms with E-state index in [1.807, 2.05) is 19.3 Å². The molecule has 2 heterocycles. The summed E-state index contributed by atoms with van der Waals surface area (Å²) in [6, 6.07) is 6.70. The first-order chi connectivity index (χ1) is 8.33. The van der Waals surface area contributed by atoms with Crippen molar-refractivity contribution >= 4 is 0 Å². The first-order valence-corrected chi connectivity index (χ1v) is 6.05. The minimum atomic E-state index is 0.449. The average molecular weight is 229 g/mol. The van der Waals surface area contributed by atoms with Gasteiger partial charge in [-0.05, 0) is 36.7 Å². The first kappa shape index (κ1) is 11.9. The van der Waals surface area contributed by atoms with Crippen molar-refractivity contribution in [1.82, 2.24) is 14.9 Å². The quantitative estimate of drug-likeness (QED) is 0.854. The zero-order valence-corrected chi connectivity index (χ0v) is 10.4. The molecule has 3 heteroatoms. The molecule has 0 radical (unpaired) electrons. The Labute approximate surface area is 103 Å².